The van der Waals surface area contributed by atoms with Gasteiger partial charge in [-0.2, -0.15) is 18.4 Å². The molecule has 0 fully saturated rings. The highest BCUT2D eigenvalue weighted by atomic mass is 19.4. The fraction of sp³-hybridized carbons (Fsp3) is 0.217. The van der Waals surface area contributed by atoms with Crippen molar-refractivity contribution in [3.05, 3.63) is 69.0 Å². The number of carbonyl (C=O) groups excluding carboxylic acids is 1. The second-order valence-corrected chi connectivity index (χ2v) is 7.26. The van der Waals surface area contributed by atoms with Gasteiger partial charge in [-0.1, -0.05) is 12.1 Å². The van der Waals surface area contributed by atoms with E-state index in [1.54, 1.807) is 6.92 Å². The number of carbonyl (C=O) groups is 2. The van der Waals surface area contributed by atoms with Crippen molar-refractivity contribution in [3.63, 3.8) is 0 Å². The van der Waals surface area contributed by atoms with Gasteiger partial charge in [0.25, 0.3) is 17.9 Å². The van der Waals surface area contributed by atoms with Crippen molar-refractivity contribution in [1.29, 1.82) is 5.26 Å². The average molecular weight is 489 g/mol. The summed E-state index contributed by atoms with van der Waals surface area (Å²) in [4.78, 5) is 34.3. The molecule has 1 atom stereocenters. The molecular weight excluding hydrogens is 471 g/mol. The van der Waals surface area contributed by atoms with E-state index < -0.39 is 40.6 Å². The number of nitriles is 1. The predicted octanol–water partition coefficient (Wildman–Crippen LogP) is 3.03. The first-order chi connectivity index (χ1) is 16.6. The Morgan fingerprint density at radius 2 is 1.91 bits per heavy atom. The number of amides is 1. The molecule has 0 saturated heterocycles. The van der Waals surface area contributed by atoms with E-state index in [-0.39, 0.29) is 41.8 Å². The maximum Gasteiger partial charge on any atom is 0.416 e. The van der Waals surface area contributed by atoms with Crippen molar-refractivity contribution in [1.82, 2.24) is 9.88 Å². The van der Waals surface area contributed by atoms with Crippen LogP contribution in [0.4, 0.5) is 13.2 Å². The van der Waals surface area contributed by atoms with Gasteiger partial charge in [0.2, 0.25) is 0 Å². The Hall–Kier alpha value is -4.53. The number of nitrogens with one attached hydrogen (secondary N) is 1. The minimum atomic E-state index is -4.52. The Labute approximate surface area is 195 Å². The zero-order chi connectivity index (χ0) is 25.9. The molecule has 1 aromatic heterocycles. The lowest BCUT2D eigenvalue weighted by molar-refractivity contribution is -0.137. The van der Waals surface area contributed by atoms with E-state index in [1.165, 1.54) is 28.8 Å². The summed E-state index contributed by atoms with van der Waals surface area (Å²) in [6.45, 7) is 1.47. The molecule has 2 aromatic carbocycles. The zero-order valence-electron chi connectivity index (χ0n) is 18.1. The molecule has 1 aliphatic heterocycles. The number of nitrogens with zero attached hydrogens (tertiary/aromatic N) is 2. The number of hydrogen-bond acceptors (Lipinski definition) is 6. The van der Waals surface area contributed by atoms with Crippen LogP contribution >= 0.6 is 0 Å². The van der Waals surface area contributed by atoms with E-state index in [1.807, 2.05) is 6.07 Å². The first-order valence-corrected chi connectivity index (χ1v) is 10.1. The number of ether oxygens (including phenoxy) is 1. The van der Waals surface area contributed by atoms with Crippen molar-refractivity contribution in [2.75, 3.05) is 13.2 Å². The monoisotopic (exact) mass is 489 g/mol. The Bertz CT molecular complexity index is 1390. The average Bonchev–Trinajstić information content (AvgIpc) is 2.82. The predicted molar refractivity (Wildman–Crippen MR) is 116 cm³/mol. The van der Waals surface area contributed by atoms with Gasteiger partial charge in [-0.15, -0.1) is 0 Å². The molecule has 3 N–H and O–H groups in total. The van der Waals surface area contributed by atoms with Crippen LogP contribution in [-0.4, -0.2) is 40.3 Å². The SMILES string of the molecule is CCNC(=O)c1c(O)c2c(C#N)ccc3c2n(c1=O)C(c1ccc(C(F)(F)F)cc1)CO3.O=CO. The van der Waals surface area contributed by atoms with Gasteiger partial charge in [-0.3, -0.25) is 19.0 Å². The highest BCUT2D eigenvalue weighted by Gasteiger charge is 2.34. The van der Waals surface area contributed by atoms with Gasteiger partial charge in [0.15, 0.2) is 0 Å². The normalized spacial score (nSPS) is 14.2. The third-order valence-electron chi connectivity index (χ3n) is 5.30. The Morgan fingerprint density at radius 1 is 1.29 bits per heavy atom. The van der Waals surface area contributed by atoms with Gasteiger partial charge in [0.1, 0.15) is 23.7 Å². The molecule has 182 valence electrons. The third-order valence-corrected chi connectivity index (χ3v) is 5.30. The van der Waals surface area contributed by atoms with Crippen molar-refractivity contribution < 1.29 is 37.7 Å². The maximum absolute atomic E-state index is 13.4. The molecule has 2 heterocycles. The second-order valence-electron chi connectivity index (χ2n) is 7.26. The fourth-order valence-corrected chi connectivity index (χ4v) is 3.84. The molecule has 0 bridgehead atoms. The first-order valence-electron chi connectivity index (χ1n) is 10.1. The number of aromatic hydroxyl groups is 1. The molecule has 1 aliphatic rings. The van der Waals surface area contributed by atoms with Crippen LogP contribution in [0.1, 0.15) is 40.0 Å². The maximum atomic E-state index is 13.4. The smallest absolute Gasteiger partial charge is 0.416 e. The van der Waals surface area contributed by atoms with E-state index in [2.05, 4.69) is 5.32 Å². The van der Waals surface area contributed by atoms with E-state index in [0.717, 1.165) is 12.1 Å². The van der Waals surface area contributed by atoms with E-state index in [0.29, 0.717) is 5.56 Å². The lowest BCUT2D eigenvalue weighted by atomic mass is 9.98. The number of alkyl halides is 3. The van der Waals surface area contributed by atoms with E-state index >= 15 is 0 Å². The summed E-state index contributed by atoms with van der Waals surface area (Å²) in [5, 5.41) is 29.6. The number of hydrogen-bond donors (Lipinski definition) is 3. The highest BCUT2D eigenvalue weighted by Crippen LogP contribution is 2.40. The highest BCUT2D eigenvalue weighted by molar-refractivity contribution is 6.05. The molecule has 0 saturated carbocycles. The minimum Gasteiger partial charge on any atom is -0.506 e. The standard InChI is InChI=1S/C22H16F3N3O4.CH2O2/c1-2-27-20(30)17-19(29)16-12(9-26)5-8-15-18(16)28(21(17)31)14(10-32-15)11-3-6-13(7-4-11)22(23,24)25;2-1-3/h3-8,14,29H,2,10H2,1H3,(H,27,30);1H,(H,2,3). The van der Waals surface area contributed by atoms with Gasteiger partial charge in [0.05, 0.1) is 34.1 Å². The largest absolute Gasteiger partial charge is 0.506 e. The van der Waals surface area contributed by atoms with Crippen molar-refractivity contribution in [3.8, 4) is 17.6 Å². The van der Waals surface area contributed by atoms with E-state index in [4.69, 9.17) is 14.6 Å². The number of halogens is 3. The lowest BCUT2D eigenvalue weighted by Gasteiger charge is -2.30. The molecule has 35 heavy (non-hydrogen) atoms. The van der Waals surface area contributed by atoms with Crippen LogP contribution in [0, 0.1) is 11.3 Å². The molecule has 1 unspecified atom stereocenters. The number of carboxylic acid groups (broad SMARTS) is 1. The fourth-order valence-electron chi connectivity index (χ4n) is 3.84. The Balaban J connectivity index is 0.00000108. The number of benzene rings is 2. The summed E-state index contributed by atoms with van der Waals surface area (Å²) in [5.74, 6) is -1.27. The van der Waals surface area contributed by atoms with E-state index in [9.17, 15) is 33.1 Å². The third kappa shape index (κ3) is 4.48. The Morgan fingerprint density at radius 3 is 2.46 bits per heavy atom. The summed E-state index contributed by atoms with van der Waals surface area (Å²) >= 11 is 0. The zero-order valence-corrected chi connectivity index (χ0v) is 18.1. The summed E-state index contributed by atoms with van der Waals surface area (Å²) < 4.78 is 45.8. The second kappa shape index (κ2) is 9.76. The molecule has 0 radical (unpaired) electrons. The molecule has 12 heteroatoms. The van der Waals surface area contributed by atoms with Gasteiger partial charge in [-0.25, -0.2) is 0 Å². The van der Waals surface area contributed by atoms with Gasteiger partial charge in [0, 0.05) is 6.54 Å². The molecule has 9 nitrogen and oxygen atoms in total. The molecular formula is C23H18F3N3O6. The molecule has 4 rings (SSSR count). The lowest BCUT2D eigenvalue weighted by Crippen LogP contribution is -2.38. The molecule has 3 aromatic rings. The van der Waals surface area contributed by atoms with Gasteiger partial charge < -0.3 is 20.3 Å². The van der Waals surface area contributed by atoms with Crippen LogP contribution in [0.25, 0.3) is 10.9 Å². The number of aromatic nitrogens is 1. The van der Waals surface area contributed by atoms with Gasteiger partial charge in [-0.05, 0) is 36.8 Å². The molecule has 1 amide bonds. The first kappa shape index (κ1) is 25.1. The minimum absolute atomic E-state index is 0.0113. The summed E-state index contributed by atoms with van der Waals surface area (Å²) in [6.07, 6.45) is -4.52. The topological polar surface area (TPSA) is 142 Å². The van der Waals surface area contributed by atoms with Gasteiger partial charge >= 0.3 is 6.18 Å². The van der Waals surface area contributed by atoms with Crippen molar-refractivity contribution in [2.24, 2.45) is 0 Å². The van der Waals surface area contributed by atoms with Crippen LogP contribution < -0.4 is 15.6 Å². The number of pyridine rings is 1. The van der Waals surface area contributed by atoms with Crippen LogP contribution in [0.5, 0.6) is 11.5 Å². The quantitative estimate of drug-likeness (QED) is 0.480. The summed E-state index contributed by atoms with van der Waals surface area (Å²) in [6, 6.07) is 8.14. The van der Waals surface area contributed by atoms with Crippen LogP contribution in [0.3, 0.4) is 0 Å². The van der Waals surface area contributed by atoms with Crippen LogP contribution in [-0.2, 0) is 11.0 Å². The summed E-state index contributed by atoms with van der Waals surface area (Å²) in [5.41, 5.74) is -1.80. The number of rotatable bonds is 3. The molecule has 0 aliphatic carbocycles. The van der Waals surface area contributed by atoms with Crippen LogP contribution in [0.15, 0.2) is 41.2 Å². The Kier molecular flexibility index (Phi) is 7.00. The van der Waals surface area contributed by atoms with Crippen molar-refractivity contribution in [2.45, 2.75) is 19.1 Å². The van der Waals surface area contributed by atoms with Crippen molar-refractivity contribution >= 4 is 23.3 Å². The van der Waals surface area contributed by atoms with Crippen LogP contribution in [0.2, 0.25) is 0 Å². The summed E-state index contributed by atoms with van der Waals surface area (Å²) in [7, 11) is 0. The molecule has 0 spiro atoms.